The van der Waals surface area contributed by atoms with Crippen LogP contribution in [-0.2, 0) is 10.2 Å². The Morgan fingerprint density at radius 2 is 2.06 bits per heavy atom. The third kappa shape index (κ3) is 3.81. The van der Waals surface area contributed by atoms with Gasteiger partial charge in [-0.15, -0.1) is 11.6 Å². The van der Waals surface area contributed by atoms with Crippen molar-refractivity contribution in [2.24, 2.45) is 0 Å². The summed E-state index contributed by atoms with van der Waals surface area (Å²) in [5.41, 5.74) is 0. The van der Waals surface area contributed by atoms with Crippen LogP contribution in [0.15, 0.2) is 0 Å². The van der Waals surface area contributed by atoms with Gasteiger partial charge in [-0.2, -0.15) is 17.0 Å². The molecule has 0 bridgehead atoms. The second-order valence-corrected chi connectivity index (χ2v) is 7.12. The molecule has 0 spiro atoms. The van der Waals surface area contributed by atoms with Gasteiger partial charge in [0.15, 0.2) is 0 Å². The van der Waals surface area contributed by atoms with Gasteiger partial charge in [0.1, 0.15) is 0 Å². The van der Waals surface area contributed by atoms with E-state index in [1.807, 2.05) is 0 Å². The maximum atomic E-state index is 12.3. The first-order valence-electron chi connectivity index (χ1n) is 6.44. The number of piperazine rings is 1. The quantitative estimate of drug-likeness (QED) is 0.682. The highest BCUT2D eigenvalue weighted by Crippen LogP contribution is 2.15. The van der Waals surface area contributed by atoms with Crippen LogP contribution in [0.4, 0.5) is 0 Å². The number of rotatable bonds is 6. The molecule has 5 nitrogen and oxygen atoms in total. The molecule has 7 heteroatoms. The lowest BCUT2D eigenvalue weighted by Crippen LogP contribution is -2.56. The van der Waals surface area contributed by atoms with Crippen LogP contribution in [0, 0.1) is 0 Å². The van der Waals surface area contributed by atoms with E-state index in [4.69, 9.17) is 11.6 Å². The Hall–Kier alpha value is 0.120. The van der Waals surface area contributed by atoms with Crippen LogP contribution in [-0.4, -0.2) is 73.6 Å². The number of hydrogen-bond donors (Lipinski definition) is 0. The van der Waals surface area contributed by atoms with Crippen molar-refractivity contribution in [3.05, 3.63) is 0 Å². The minimum Gasteiger partial charge on any atom is -0.298 e. The van der Waals surface area contributed by atoms with Gasteiger partial charge in [0.05, 0.1) is 0 Å². The van der Waals surface area contributed by atoms with Crippen LogP contribution >= 0.6 is 11.6 Å². The zero-order valence-electron chi connectivity index (χ0n) is 11.5. The molecule has 0 N–H and O–H groups in total. The molecule has 0 saturated carbocycles. The molecule has 1 rings (SSSR count). The Morgan fingerprint density at radius 1 is 1.39 bits per heavy atom. The van der Waals surface area contributed by atoms with Gasteiger partial charge in [0, 0.05) is 45.1 Å². The molecule has 0 amide bonds. The molecular formula is C11H24ClN3O2S. The fraction of sp³-hybridized carbons (Fsp3) is 1.00. The topological polar surface area (TPSA) is 43.9 Å². The third-order valence-electron chi connectivity index (χ3n) is 3.46. The van der Waals surface area contributed by atoms with Gasteiger partial charge in [0.25, 0.3) is 10.2 Å². The van der Waals surface area contributed by atoms with Crippen molar-refractivity contribution in [3.8, 4) is 0 Å². The summed E-state index contributed by atoms with van der Waals surface area (Å²) in [5.74, 6) is 0.486. The standard InChI is InChI=1S/C11H24ClN3O2S/c1-4-14-8-9-15(10-11(14)2)18(16,17)13(3)7-5-6-12/h11H,4-10H2,1-3H3. The zero-order chi connectivity index (χ0) is 13.8. The molecule has 18 heavy (non-hydrogen) atoms. The van der Waals surface area contributed by atoms with Gasteiger partial charge in [-0.3, -0.25) is 4.90 Å². The van der Waals surface area contributed by atoms with Crippen molar-refractivity contribution in [1.29, 1.82) is 0 Å². The van der Waals surface area contributed by atoms with Gasteiger partial charge in [-0.25, -0.2) is 0 Å². The number of likely N-dealkylation sites (N-methyl/N-ethyl adjacent to an activating group) is 1. The first kappa shape index (κ1) is 16.2. The monoisotopic (exact) mass is 297 g/mol. The Morgan fingerprint density at radius 3 is 2.56 bits per heavy atom. The fourth-order valence-electron chi connectivity index (χ4n) is 2.24. The summed E-state index contributed by atoms with van der Waals surface area (Å²) in [7, 11) is -1.69. The van der Waals surface area contributed by atoms with Gasteiger partial charge in [0.2, 0.25) is 0 Å². The molecule has 1 unspecified atom stereocenters. The van der Waals surface area contributed by atoms with Gasteiger partial charge < -0.3 is 0 Å². The zero-order valence-corrected chi connectivity index (χ0v) is 13.0. The summed E-state index contributed by atoms with van der Waals surface area (Å²) >= 11 is 5.60. The lowest BCUT2D eigenvalue weighted by atomic mass is 10.2. The maximum Gasteiger partial charge on any atom is 0.281 e. The van der Waals surface area contributed by atoms with E-state index in [0.717, 1.165) is 13.1 Å². The van der Waals surface area contributed by atoms with Crippen molar-refractivity contribution >= 4 is 21.8 Å². The molecule has 0 aromatic carbocycles. The molecular weight excluding hydrogens is 274 g/mol. The molecule has 108 valence electrons. The van der Waals surface area contributed by atoms with Crippen LogP contribution < -0.4 is 0 Å². The highest BCUT2D eigenvalue weighted by atomic mass is 35.5. The highest BCUT2D eigenvalue weighted by Gasteiger charge is 2.32. The second kappa shape index (κ2) is 7.05. The Bertz CT molecular complexity index is 350. The van der Waals surface area contributed by atoms with E-state index in [-0.39, 0.29) is 6.04 Å². The Balaban J connectivity index is 2.64. The molecule has 1 atom stereocenters. The molecule has 1 saturated heterocycles. The Labute approximate surface area is 116 Å². The smallest absolute Gasteiger partial charge is 0.281 e. The molecule has 0 aromatic heterocycles. The summed E-state index contributed by atoms with van der Waals surface area (Å²) in [4.78, 5) is 2.30. The number of halogens is 1. The molecule has 1 fully saturated rings. The van der Waals surface area contributed by atoms with Crippen molar-refractivity contribution in [3.63, 3.8) is 0 Å². The molecule has 1 heterocycles. The molecule has 1 aliphatic heterocycles. The van der Waals surface area contributed by atoms with Crippen molar-refractivity contribution in [2.45, 2.75) is 26.3 Å². The summed E-state index contributed by atoms with van der Waals surface area (Å²) in [6.45, 7) is 7.58. The first-order chi connectivity index (χ1) is 8.43. The predicted octanol–water partition coefficient (Wildman–Crippen LogP) is 0.818. The maximum absolute atomic E-state index is 12.3. The summed E-state index contributed by atoms with van der Waals surface area (Å²) < 4.78 is 27.6. The van der Waals surface area contributed by atoms with Crippen molar-refractivity contribution < 1.29 is 8.42 Å². The van der Waals surface area contributed by atoms with Gasteiger partial charge >= 0.3 is 0 Å². The van der Waals surface area contributed by atoms with E-state index in [2.05, 4.69) is 18.7 Å². The second-order valence-electron chi connectivity index (χ2n) is 4.71. The fourth-order valence-corrected chi connectivity index (χ4v) is 3.83. The van der Waals surface area contributed by atoms with Crippen molar-refractivity contribution in [2.75, 3.05) is 45.7 Å². The normalized spacial score (nSPS) is 23.7. The van der Waals surface area contributed by atoms with Crippen LogP contribution in [0.25, 0.3) is 0 Å². The van der Waals surface area contributed by atoms with E-state index < -0.39 is 10.2 Å². The number of hydrogen-bond acceptors (Lipinski definition) is 3. The summed E-state index contributed by atoms with van der Waals surface area (Å²) in [6.07, 6.45) is 0.682. The molecule has 0 radical (unpaired) electrons. The third-order valence-corrected chi connectivity index (χ3v) is 5.68. The van der Waals surface area contributed by atoms with E-state index in [1.165, 1.54) is 4.31 Å². The van der Waals surface area contributed by atoms with Crippen LogP contribution in [0.5, 0.6) is 0 Å². The van der Waals surface area contributed by atoms with Gasteiger partial charge in [-0.05, 0) is 19.9 Å². The largest absolute Gasteiger partial charge is 0.298 e. The SMILES string of the molecule is CCN1CCN(S(=O)(=O)N(C)CCCCl)CC1C. The highest BCUT2D eigenvalue weighted by molar-refractivity contribution is 7.86. The predicted molar refractivity (Wildman–Crippen MR) is 75.2 cm³/mol. The van der Waals surface area contributed by atoms with Crippen LogP contribution in [0.1, 0.15) is 20.3 Å². The first-order valence-corrected chi connectivity index (χ1v) is 8.38. The van der Waals surface area contributed by atoms with Gasteiger partial charge in [-0.1, -0.05) is 6.92 Å². The number of nitrogens with zero attached hydrogens (tertiary/aromatic N) is 3. The molecule has 1 aliphatic rings. The lowest BCUT2D eigenvalue weighted by molar-refractivity contribution is 0.131. The summed E-state index contributed by atoms with van der Waals surface area (Å²) in [6, 6.07) is 0.278. The number of alkyl halides is 1. The van der Waals surface area contributed by atoms with Crippen LogP contribution in [0.2, 0.25) is 0 Å². The molecule has 0 aromatic rings. The average Bonchev–Trinajstić information content (AvgIpc) is 2.35. The van der Waals surface area contributed by atoms with E-state index in [1.54, 1.807) is 11.4 Å². The minimum atomic E-state index is -3.32. The summed E-state index contributed by atoms with van der Waals surface area (Å²) in [5, 5.41) is 0. The van der Waals surface area contributed by atoms with E-state index >= 15 is 0 Å². The van der Waals surface area contributed by atoms with E-state index in [9.17, 15) is 8.42 Å². The minimum absolute atomic E-state index is 0.278. The lowest BCUT2D eigenvalue weighted by Gasteiger charge is -2.39. The Kier molecular flexibility index (Phi) is 6.34. The average molecular weight is 298 g/mol. The molecule has 0 aliphatic carbocycles. The van der Waals surface area contributed by atoms with E-state index in [0.29, 0.717) is 31.9 Å². The van der Waals surface area contributed by atoms with Crippen molar-refractivity contribution in [1.82, 2.24) is 13.5 Å². The van der Waals surface area contributed by atoms with Crippen LogP contribution in [0.3, 0.4) is 0 Å².